The summed E-state index contributed by atoms with van der Waals surface area (Å²) in [5.74, 6) is -0.106. The van der Waals surface area contributed by atoms with Crippen LogP contribution in [0.5, 0.6) is 0 Å². The van der Waals surface area contributed by atoms with E-state index in [0.29, 0.717) is 13.0 Å². The minimum Gasteiger partial charge on any atom is -0.325 e. The molecule has 124 valence electrons. The summed E-state index contributed by atoms with van der Waals surface area (Å²) in [7, 11) is -3.60. The zero-order valence-corrected chi connectivity index (χ0v) is 14.1. The highest BCUT2D eigenvalue weighted by molar-refractivity contribution is 7.89. The summed E-state index contributed by atoms with van der Waals surface area (Å²) in [6.45, 7) is 2.40. The molecule has 1 spiro atoms. The van der Waals surface area contributed by atoms with Gasteiger partial charge in [0.05, 0.1) is 10.3 Å². The van der Waals surface area contributed by atoms with Crippen LogP contribution in [-0.4, -0.2) is 31.7 Å². The van der Waals surface area contributed by atoms with Crippen molar-refractivity contribution in [2.75, 3.05) is 18.4 Å². The number of carbonyl (C=O) groups excluding carboxylic acids is 1. The van der Waals surface area contributed by atoms with Gasteiger partial charge in [-0.05, 0) is 42.7 Å². The third kappa shape index (κ3) is 2.10. The number of nitrogens with one attached hydrogen (secondary N) is 1. The van der Waals surface area contributed by atoms with Crippen LogP contribution in [0.2, 0.25) is 0 Å². The molecule has 1 unspecified atom stereocenters. The van der Waals surface area contributed by atoms with Crippen LogP contribution in [0.3, 0.4) is 0 Å². The maximum absolute atomic E-state index is 12.9. The van der Waals surface area contributed by atoms with E-state index in [4.69, 9.17) is 0 Å². The third-order valence-corrected chi connectivity index (χ3v) is 6.83. The van der Waals surface area contributed by atoms with Gasteiger partial charge in [-0.25, -0.2) is 8.42 Å². The molecule has 4 rings (SSSR count). The lowest BCUT2D eigenvalue weighted by atomic mass is 9.81. The van der Waals surface area contributed by atoms with Gasteiger partial charge in [-0.1, -0.05) is 30.3 Å². The van der Waals surface area contributed by atoms with Crippen molar-refractivity contribution in [2.45, 2.75) is 23.7 Å². The maximum atomic E-state index is 12.9. The van der Waals surface area contributed by atoms with Crippen LogP contribution in [0.1, 0.15) is 17.5 Å². The minimum atomic E-state index is -3.60. The van der Waals surface area contributed by atoms with Crippen molar-refractivity contribution in [2.24, 2.45) is 0 Å². The Morgan fingerprint density at radius 2 is 1.92 bits per heavy atom. The Hall–Kier alpha value is -2.18. The Labute approximate surface area is 141 Å². The van der Waals surface area contributed by atoms with E-state index in [1.807, 2.05) is 37.3 Å². The summed E-state index contributed by atoms with van der Waals surface area (Å²) < 4.78 is 27.3. The second kappa shape index (κ2) is 5.16. The number of carbonyl (C=O) groups is 1. The first kappa shape index (κ1) is 15.4. The van der Waals surface area contributed by atoms with Crippen molar-refractivity contribution in [1.29, 1.82) is 0 Å². The molecule has 1 amide bonds. The Morgan fingerprint density at radius 1 is 1.12 bits per heavy atom. The van der Waals surface area contributed by atoms with Crippen molar-refractivity contribution in [3.05, 3.63) is 59.7 Å². The molecule has 2 aliphatic heterocycles. The van der Waals surface area contributed by atoms with E-state index in [0.717, 1.165) is 16.8 Å². The predicted octanol–water partition coefficient (Wildman–Crippen LogP) is 2.28. The van der Waals surface area contributed by atoms with Crippen molar-refractivity contribution in [3.8, 4) is 0 Å². The molecule has 2 aromatic rings. The molecule has 24 heavy (non-hydrogen) atoms. The van der Waals surface area contributed by atoms with Gasteiger partial charge in [0.25, 0.3) is 0 Å². The molecule has 0 saturated carbocycles. The number of aryl methyl sites for hydroxylation is 1. The lowest BCUT2D eigenvalue weighted by Crippen LogP contribution is -2.39. The van der Waals surface area contributed by atoms with Crippen LogP contribution in [0.25, 0.3) is 0 Å². The number of para-hydroxylation sites is 1. The number of fused-ring (bicyclic) bond motifs is 2. The molecule has 2 aliphatic rings. The van der Waals surface area contributed by atoms with E-state index in [1.54, 1.807) is 18.2 Å². The highest BCUT2D eigenvalue weighted by Crippen LogP contribution is 2.45. The van der Waals surface area contributed by atoms with Gasteiger partial charge in [0, 0.05) is 18.8 Å². The van der Waals surface area contributed by atoms with E-state index in [2.05, 4.69) is 5.32 Å². The Morgan fingerprint density at radius 3 is 2.71 bits per heavy atom. The summed E-state index contributed by atoms with van der Waals surface area (Å²) in [6, 6.07) is 14.4. The zero-order chi connectivity index (χ0) is 16.9. The summed E-state index contributed by atoms with van der Waals surface area (Å²) in [5.41, 5.74) is 1.82. The van der Waals surface area contributed by atoms with Crippen LogP contribution in [0, 0.1) is 6.92 Å². The molecular formula is C18H18N2O3S. The van der Waals surface area contributed by atoms with Gasteiger partial charge in [-0.3, -0.25) is 4.79 Å². The van der Waals surface area contributed by atoms with Gasteiger partial charge in [0.2, 0.25) is 15.9 Å². The van der Waals surface area contributed by atoms with Gasteiger partial charge in [-0.15, -0.1) is 0 Å². The van der Waals surface area contributed by atoms with Crippen molar-refractivity contribution in [3.63, 3.8) is 0 Å². The number of rotatable bonds is 2. The molecule has 1 N–H and O–H groups in total. The summed E-state index contributed by atoms with van der Waals surface area (Å²) in [6.07, 6.45) is 0.501. The molecule has 1 saturated heterocycles. The largest absolute Gasteiger partial charge is 0.325 e. The van der Waals surface area contributed by atoms with Gasteiger partial charge in [-0.2, -0.15) is 4.31 Å². The van der Waals surface area contributed by atoms with Crippen molar-refractivity contribution in [1.82, 2.24) is 4.31 Å². The number of hydrogen-bond acceptors (Lipinski definition) is 3. The molecular weight excluding hydrogens is 324 g/mol. The fourth-order valence-electron chi connectivity index (χ4n) is 3.68. The van der Waals surface area contributed by atoms with E-state index in [1.165, 1.54) is 4.31 Å². The molecule has 6 heteroatoms. The lowest BCUT2D eigenvalue weighted by molar-refractivity contribution is -0.120. The summed E-state index contributed by atoms with van der Waals surface area (Å²) >= 11 is 0. The van der Waals surface area contributed by atoms with E-state index in [9.17, 15) is 13.2 Å². The quantitative estimate of drug-likeness (QED) is 0.910. The van der Waals surface area contributed by atoms with E-state index >= 15 is 0 Å². The highest BCUT2D eigenvalue weighted by atomic mass is 32.2. The fourth-order valence-corrected chi connectivity index (χ4v) is 5.29. The summed E-state index contributed by atoms with van der Waals surface area (Å²) in [4.78, 5) is 12.9. The zero-order valence-electron chi connectivity index (χ0n) is 13.3. The Kier molecular flexibility index (Phi) is 3.30. The molecule has 0 radical (unpaired) electrons. The lowest BCUT2D eigenvalue weighted by Gasteiger charge is -2.22. The van der Waals surface area contributed by atoms with Crippen LogP contribution in [-0.2, 0) is 20.2 Å². The molecule has 2 heterocycles. The second-order valence-corrected chi connectivity index (χ2v) is 8.42. The number of benzene rings is 2. The molecule has 1 fully saturated rings. The molecule has 2 aromatic carbocycles. The Balaban J connectivity index is 1.72. The first-order valence-corrected chi connectivity index (χ1v) is 9.35. The number of nitrogens with zero attached hydrogens (tertiary/aromatic N) is 1. The van der Waals surface area contributed by atoms with Gasteiger partial charge in [0.15, 0.2) is 0 Å². The fraction of sp³-hybridized carbons (Fsp3) is 0.278. The minimum absolute atomic E-state index is 0.106. The first-order chi connectivity index (χ1) is 11.4. The smallest absolute Gasteiger partial charge is 0.243 e. The van der Waals surface area contributed by atoms with Gasteiger partial charge < -0.3 is 5.32 Å². The Bertz CT molecular complexity index is 939. The van der Waals surface area contributed by atoms with Crippen molar-refractivity contribution < 1.29 is 13.2 Å². The van der Waals surface area contributed by atoms with Gasteiger partial charge >= 0.3 is 0 Å². The average molecular weight is 342 g/mol. The molecule has 0 aliphatic carbocycles. The van der Waals surface area contributed by atoms with Crippen molar-refractivity contribution >= 4 is 21.6 Å². The topological polar surface area (TPSA) is 66.5 Å². The third-order valence-electron chi connectivity index (χ3n) is 4.99. The maximum Gasteiger partial charge on any atom is 0.243 e. The SMILES string of the molecule is Cc1cccc(S(=O)(=O)N2CCC3(C2)C(=O)Nc2ccccc23)c1. The van der Waals surface area contributed by atoms with Crippen LogP contribution in [0.15, 0.2) is 53.4 Å². The number of sulfonamides is 1. The molecule has 0 bridgehead atoms. The summed E-state index contributed by atoms with van der Waals surface area (Å²) in [5, 5.41) is 2.89. The standard InChI is InChI=1S/C18H18N2O3S/c1-13-5-4-6-14(11-13)24(22,23)20-10-9-18(12-20)15-7-2-3-8-16(15)19-17(18)21/h2-8,11H,9-10,12H2,1H3,(H,19,21). The van der Waals surface area contributed by atoms with E-state index < -0.39 is 15.4 Å². The van der Waals surface area contributed by atoms with Gasteiger partial charge in [0.1, 0.15) is 0 Å². The number of anilines is 1. The van der Waals surface area contributed by atoms with Crippen LogP contribution >= 0.6 is 0 Å². The molecule has 5 nitrogen and oxygen atoms in total. The number of amides is 1. The molecule has 0 aromatic heterocycles. The second-order valence-electron chi connectivity index (χ2n) is 6.49. The molecule has 1 atom stereocenters. The van der Waals surface area contributed by atoms with Crippen LogP contribution in [0.4, 0.5) is 5.69 Å². The number of hydrogen-bond donors (Lipinski definition) is 1. The predicted molar refractivity (Wildman–Crippen MR) is 91.3 cm³/mol. The van der Waals surface area contributed by atoms with E-state index in [-0.39, 0.29) is 17.3 Å². The first-order valence-electron chi connectivity index (χ1n) is 7.91. The highest BCUT2D eigenvalue weighted by Gasteiger charge is 2.53. The van der Waals surface area contributed by atoms with Crippen LogP contribution < -0.4 is 5.32 Å². The normalized spacial score (nSPS) is 23.5. The monoisotopic (exact) mass is 342 g/mol. The average Bonchev–Trinajstić information content (AvgIpc) is 3.13.